The molecule has 3 heterocycles. The number of Topliss-reactive ketones (excluding diaryl/α,β-unsaturated/α-hetero) is 1. The Hall–Kier alpha value is -4.37. The maximum atomic E-state index is 13.5. The molecule has 2 aliphatic rings. The van der Waals surface area contributed by atoms with Gasteiger partial charge in [-0.15, -0.1) is 0 Å². The lowest BCUT2D eigenvalue weighted by Gasteiger charge is -2.23. The summed E-state index contributed by atoms with van der Waals surface area (Å²) in [5.41, 5.74) is 3.44. The Morgan fingerprint density at radius 2 is 1.81 bits per heavy atom. The molecule has 8 nitrogen and oxygen atoms in total. The third-order valence-corrected chi connectivity index (χ3v) is 7.47. The van der Waals surface area contributed by atoms with Crippen molar-refractivity contribution in [2.24, 2.45) is 0 Å². The number of carbonyl (C=O) groups excluding carboxylic acids is 2. The summed E-state index contributed by atoms with van der Waals surface area (Å²) in [5, 5.41) is 21.9. The van der Waals surface area contributed by atoms with Crippen molar-refractivity contribution in [2.75, 3.05) is 18.1 Å². The fraction of sp³-hybridized carbons (Fsp3) is 0.179. The number of phenolic OH excluding ortho intramolecular Hbond substituents is 1. The first-order valence-electron chi connectivity index (χ1n) is 11.7. The number of aliphatic hydroxyl groups is 1. The summed E-state index contributed by atoms with van der Waals surface area (Å²) in [6, 6.07) is 14.1. The number of nitrogens with zero attached hydrogens (tertiary/aromatic N) is 2. The molecule has 1 saturated heterocycles. The van der Waals surface area contributed by atoms with E-state index >= 15 is 0 Å². The summed E-state index contributed by atoms with van der Waals surface area (Å²) in [7, 11) is 0. The van der Waals surface area contributed by atoms with E-state index in [0.717, 1.165) is 21.3 Å². The SMILES string of the molecule is Cc1cc(C)c2nc(N3C(=O)C(=O)/C(=C(/O)c4ccc5c(c4)OCCO5)C3c3cccc(O)c3)sc2c1. The van der Waals surface area contributed by atoms with Gasteiger partial charge < -0.3 is 19.7 Å². The minimum Gasteiger partial charge on any atom is -0.508 e. The van der Waals surface area contributed by atoms with Crippen LogP contribution in [0.25, 0.3) is 16.0 Å². The Bertz CT molecular complexity index is 1640. The minimum absolute atomic E-state index is 0.0295. The normalized spacial score (nSPS) is 18.5. The molecule has 0 saturated carbocycles. The number of phenols is 1. The van der Waals surface area contributed by atoms with Crippen LogP contribution in [0.15, 0.2) is 60.2 Å². The van der Waals surface area contributed by atoms with Crippen molar-refractivity contribution >= 4 is 44.1 Å². The van der Waals surface area contributed by atoms with Crippen molar-refractivity contribution in [3.8, 4) is 17.2 Å². The lowest BCUT2D eigenvalue weighted by Crippen LogP contribution is -2.29. The summed E-state index contributed by atoms with van der Waals surface area (Å²) >= 11 is 1.30. The van der Waals surface area contributed by atoms with Gasteiger partial charge in [-0.1, -0.05) is 29.5 Å². The van der Waals surface area contributed by atoms with Crippen molar-refractivity contribution in [2.45, 2.75) is 19.9 Å². The summed E-state index contributed by atoms with van der Waals surface area (Å²) < 4.78 is 12.1. The van der Waals surface area contributed by atoms with E-state index in [1.54, 1.807) is 30.3 Å². The Balaban J connectivity index is 1.55. The molecule has 0 radical (unpaired) electrons. The Morgan fingerprint density at radius 1 is 1.03 bits per heavy atom. The van der Waals surface area contributed by atoms with Crippen LogP contribution in [0.4, 0.5) is 5.13 Å². The summed E-state index contributed by atoms with van der Waals surface area (Å²) in [5.74, 6) is -1.05. The molecule has 1 unspecified atom stereocenters. The number of ether oxygens (including phenoxy) is 2. The number of hydrogen-bond donors (Lipinski definition) is 2. The van der Waals surface area contributed by atoms with Crippen LogP contribution in [0.5, 0.6) is 17.2 Å². The third kappa shape index (κ3) is 3.79. The van der Waals surface area contributed by atoms with Gasteiger partial charge in [-0.3, -0.25) is 14.5 Å². The van der Waals surface area contributed by atoms with Gasteiger partial charge in [0.15, 0.2) is 16.6 Å². The summed E-state index contributed by atoms with van der Waals surface area (Å²) in [6.07, 6.45) is 0. The van der Waals surface area contributed by atoms with E-state index in [4.69, 9.17) is 14.5 Å². The first-order valence-corrected chi connectivity index (χ1v) is 12.5. The zero-order valence-corrected chi connectivity index (χ0v) is 20.8. The number of ketones is 1. The summed E-state index contributed by atoms with van der Waals surface area (Å²) in [4.78, 5) is 32.9. The maximum Gasteiger partial charge on any atom is 0.301 e. The molecule has 9 heteroatoms. The Morgan fingerprint density at radius 3 is 2.59 bits per heavy atom. The van der Waals surface area contributed by atoms with Crippen LogP contribution >= 0.6 is 11.3 Å². The van der Waals surface area contributed by atoms with Crippen molar-refractivity contribution in [1.29, 1.82) is 0 Å². The van der Waals surface area contributed by atoms with Crippen LogP contribution in [0, 0.1) is 13.8 Å². The Labute approximate surface area is 216 Å². The van der Waals surface area contributed by atoms with Crippen LogP contribution in [-0.2, 0) is 9.59 Å². The van der Waals surface area contributed by atoms with Gasteiger partial charge in [0.2, 0.25) is 0 Å². The number of fused-ring (bicyclic) bond motifs is 2. The second kappa shape index (κ2) is 8.63. The van der Waals surface area contributed by atoms with Gasteiger partial charge in [0.1, 0.15) is 24.7 Å². The molecule has 4 aromatic rings. The number of aromatic nitrogens is 1. The van der Waals surface area contributed by atoms with E-state index in [0.29, 0.717) is 41.0 Å². The molecular weight excluding hydrogens is 492 g/mol. The molecule has 1 atom stereocenters. The van der Waals surface area contributed by atoms with Gasteiger partial charge in [0, 0.05) is 5.56 Å². The molecular formula is C28H22N2O6S. The fourth-order valence-electron chi connectivity index (χ4n) is 4.85. The standard InChI is InChI=1S/C28H22N2O6S/c1-14-10-15(2)23-21(11-14)37-28(29-23)30-24(16-4-3-5-18(31)12-16)22(26(33)27(30)34)25(32)17-6-7-19-20(13-17)36-9-8-35-19/h3-7,10-13,24,31-32H,8-9H2,1-2H3/b25-22+. The summed E-state index contributed by atoms with van der Waals surface area (Å²) in [6.45, 7) is 4.71. The van der Waals surface area contributed by atoms with E-state index in [2.05, 4.69) is 0 Å². The predicted octanol–water partition coefficient (Wildman–Crippen LogP) is 5.02. The molecule has 6 rings (SSSR count). The van der Waals surface area contributed by atoms with Crippen molar-refractivity contribution < 1.29 is 29.3 Å². The van der Waals surface area contributed by atoms with Gasteiger partial charge in [0.05, 0.1) is 21.8 Å². The molecule has 1 aromatic heterocycles. The molecule has 0 spiro atoms. The minimum atomic E-state index is -0.998. The second-order valence-corrected chi connectivity index (χ2v) is 10.1. The highest BCUT2D eigenvalue weighted by Gasteiger charge is 2.48. The van der Waals surface area contributed by atoms with E-state index in [9.17, 15) is 19.8 Å². The van der Waals surface area contributed by atoms with Gasteiger partial charge in [0.25, 0.3) is 5.78 Å². The highest BCUT2D eigenvalue weighted by molar-refractivity contribution is 7.22. The average Bonchev–Trinajstić information content (AvgIpc) is 3.42. The zero-order valence-electron chi connectivity index (χ0n) is 20.0. The number of amides is 1. The number of hydrogen-bond acceptors (Lipinski definition) is 8. The molecule has 1 amide bonds. The monoisotopic (exact) mass is 514 g/mol. The molecule has 2 N–H and O–H groups in total. The van der Waals surface area contributed by atoms with E-state index < -0.39 is 17.7 Å². The molecule has 37 heavy (non-hydrogen) atoms. The quantitative estimate of drug-likeness (QED) is 0.225. The average molecular weight is 515 g/mol. The number of rotatable bonds is 3. The Kier molecular flexibility index (Phi) is 5.38. The number of carbonyl (C=O) groups is 2. The number of aliphatic hydroxyl groups excluding tert-OH is 1. The van der Waals surface area contributed by atoms with Crippen molar-refractivity contribution in [3.05, 3.63) is 82.4 Å². The van der Waals surface area contributed by atoms with Crippen molar-refractivity contribution in [1.82, 2.24) is 4.98 Å². The lowest BCUT2D eigenvalue weighted by molar-refractivity contribution is -0.132. The molecule has 0 aliphatic carbocycles. The first kappa shape index (κ1) is 23.1. The van der Waals surface area contributed by atoms with Gasteiger partial charge in [-0.2, -0.15) is 0 Å². The van der Waals surface area contributed by atoms with E-state index in [-0.39, 0.29) is 17.1 Å². The molecule has 3 aromatic carbocycles. The van der Waals surface area contributed by atoms with Crippen LogP contribution in [0.2, 0.25) is 0 Å². The van der Waals surface area contributed by atoms with Crippen LogP contribution in [0.3, 0.4) is 0 Å². The molecule has 186 valence electrons. The molecule has 0 bridgehead atoms. The highest BCUT2D eigenvalue weighted by atomic mass is 32.1. The van der Waals surface area contributed by atoms with Crippen molar-refractivity contribution in [3.63, 3.8) is 0 Å². The number of thiazole rings is 1. The lowest BCUT2D eigenvalue weighted by atomic mass is 9.95. The van der Waals surface area contributed by atoms with Crippen LogP contribution in [0.1, 0.15) is 28.3 Å². The second-order valence-electron chi connectivity index (χ2n) is 9.05. The molecule has 1 fully saturated rings. The zero-order chi connectivity index (χ0) is 25.8. The number of benzene rings is 3. The number of aryl methyl sites for hydroxylation is 2. The highest BCUT2D eigenvalue weighted by Crippen LogP contribution is 2.45. The maximum absolute atomic E-state index is 13.5. The fourth-order valence-corrected chi connectivity index (χ4v) is 6.02. The predicted molar refractivity (Wildman–Crippen MR) is 139 cm³/mol. The largest absolute Gasteiger partial charge is 0.508 e. The van der Waals surface area contributed by atoms with E-state index in [1.165, 1.54) is 28.4 Å². The third-order valence-electron chi connectivity index (χ3n) is 6.47. The smallest absolute Gasteiger partial charge is 0.301 e. The van der Waals surface area contributed by atoms with Crippen LogP contribution < -0.4 is 14.4 Å². The van der Waals surface area contributed by atoms with Gasteiger partial charge >= 0.3 is 5.91 Å². The number of anilines is 1. The number of aromatic hydroxyl groups is 1. The topological polar surface area (TPSA) is 109 Å². The van der Waals surface area contributed by atoms with E-state index in [1.807, 2.05) is 26.0 Å². The first-order chi connectivity index (χ1) is 17.8. The van der Waals surface area contributed by atoms with Crippen LogP contribution in [-0.4, -0.2) is 40.1 Å². The van der Waals surface area contributed by atoms with Gasteiger partial charge in [-0.25, -0.2) is 4.98 Å². The molecule has 2 aliphatic heterocycles. The van der Waals surface area contributed by atoms with Gasteiger partial charge in [-0.05, 0) is 66.9 Å².